The Morgan fingerprint density at radius 1 is 1.26 bits per heavy atom. The lowest BCUT2D eigenvalue weighted by Crippen LogP contribution is -2.40. The third-order valence-electron chi connectivity index (χ3n) is 4.92. The van der Waals surface area contributed by atoms with Crippen LogP contribution in [0.5, 0.6) is 0 Å². The third-order valence-corrected chi connectivity index (χ3v) is 4.92. The topological polar surface area (TPSA) is 38.4 Å². The minimum Gasteiger partial charge on any atom is -0.325 e. The van der Waals surface area contributed by atoms with Gasteiger partial charge in [0.25, 0.3) is 0 Å². The Labute approximate surface area is 118 Å². The molecular formula is C17H30N2. The molecule has 0 saturated carbocycles. The predicted molar refractivity (Wildman–Crippen MR) is 85.4 cm³/mol. The van der Waals surface area contributed by atoms with Crippen molar-refractivity contribution in [2.24, 2.45) is 22.1 Å². The van der Waals surface area contributed by atoms with Gasteiger partial charge in [0.05, 0.1) is 0 Å². The first-order valence-electron chi connectivity index (χ1n) is 7.61. The molecule has 2 atom stereocenters. The second-order valence-corrected chi connectivity index (χ2v) is 6.19. The maximum Gasteiger partial charge on any atom is 0.0418 e. The number of hydrogen-bond donors (Lipinski definition) is 1. The summed E-state index contributed by atoms with van der Waals surface area (Å²) in [5.41, 5.74) is 7.49. The van der Waals surface area contributed by atoms with E-state index in [1.165, 1.54) is 6.42 Å². The fourth-order valence-corrected chi connectivity index (χ4v) is 2.40. The number of nitrogens with two attached hydrogens (primary N) is 1. The summed E-state index contributed by atoms with van der Waals surface area (Å²) in [6, 6.07) is 0. The zero-order valence-corrected chi connectivity index (χ0v) is 13.2. The molecule has 0 bridgehead atoms. The molecule has 1 heterocycles. The Balaban J connectivity index is 2.85. The van der Waals surface area contributed by atoms with Gasteiger partial charge in [-0.3, -0.25) is 4.99 Å². The number of hydrogen-bond acceptors (Lipinski definition) is 2. The molecule has 0 saturated heterocycles. The summed E-state index contributed by atoms with van der Waals surface area (Å²) in [5, 5.41) is 0. The average molecular weight is 262 g/mol. The Kier molecular flexibility index (Phi) is 5.54. The van der Waals surface area contributed by atoms with Crippen LogP contribution in [0.2, 0.25) is 0 Å². The van der Waals surface area contributed by atoms with Crippen molar-refractivity contribution in [3.05, 3.63) is 24.4 Å². The Hall–Kier alpha value is -0.890. The van der Waals surface area contributed by atoms with Crippen LogP contribution in [0.1, 0.15) is 60.3 Å². The molecule has 2 N–H and O–H groups in total. The molecule has 0 aromatic heterocycles. The monoisotopic (exact) mass is 262 g/mol. The lowest BCUT2D eigenvalue weighted by Gasteiger charge is -2.28. The first-order valence-corrected chi connectivity index (χ1v) is 7.61. The van der Waals surface area contributed by atoms with Gasteiger partial charge in [-0.1, -0.05) is 53.2 Å². The van der Waals surface area contributed by atoms with E-state index in [4.69, 9.17) is 5.73 Å². The molecule has 1 aliphatic heterocycles. The van der Waals surface area contributed by atoms with Crippen LogP contribution in [-0.4, -0.2) is 11.3 Å². The van der Waals surface area contributed by atoms with Crippen LogP contribution in [0.25, 0.3) is 0 Å². The van der Waals surface area contributed by atoms with Crippen molar-refractivity contribution < 1.29 is 0 Å². The van der Waals surface area contributed by atoms with Crippen molar-refractivity contribution in [2.45, 2.75) is 65.8 Å². The molecule has 0 fully saturated rings. The average Bonchev–Trinajstić information content (AvgIpc) is 2.61. The van der Waals surface area contributed by atoms with Gasteiger partial charge in [0.2, 0.25) is 0 Å². The highest BCUT2D eigenvalue weighted by Gasteiger charge is 2.27. The van der Waals surface area contributed by atoms with Crippen molar-refractivity contribution in [1.82, 2.24) is 0 Å². The molecule has 0 amide bonds. The highest BCUT2D eigenvalue weighted by atomic mass is 14.8. The molecule has 2 unspecified atom stereocenters. The summed E-state index contributed by atoms with van der Waals surface area (Å²) in [4.78, 5) is 4.59. The summed E-state index contributed by atoms with van der Waals surface area (Å²) in [5.74, 6) is 0.620. The maximum absolute atomic E-state index is 6.39. The standard InChI is InChI=1S/C17H30N2/c1-6-14(4)16(5)10-9-15(19-12-11-16)13-17(18,7-2)8-3/h9-12,14H,6-8,13,18H2,1-5H3. The normalized spacial score (nSPS) is 25.1. The maximum atomic E-state index is 6.39. The van der Waals surface area contributed by atoms with Crippen molar-refractivity contribution in [2.75, 3.05) is 0 Å². The van der Waals surface area contributed by atoms with Crippen molar-refractivity contribution in [1.29, 1.82) is 0 Å². The summed E-state index contributed by atoms with van der Waals surface area (Å²) in [6.45, 7) is 11.1. The Morgan fingerprint density at radius 2 is 1.89 bits per heavy atom. The van der Waals surface area contributed by atoms with E-state index in [1.807, 2.05) is 6.20 Å². The Bertz CT molecular complexity index is 375. The molecule has 0 spiro atoms. The lowest BCUT2D eigenvalue weighted by molar-refractivity contribution is 0.343. The summed E-state index contributed by atoms with van der Waals surface area (Å²) in [6.07, 6.45) is 12.7. The van der Waals surface area contributed by atoms with Gasteiger partial charge in [-0.25, -0.2) is 0 Å². The van der Waals surface area contributed by atoms with Crippen molar-refractivity contribution in [3.63, 3.8) is 0 Å². The van der Waals surface area contributed by atoms with Crippen molar-refractivity contribution >= 4 is 5.71 Å². The predicted octanol–water partition coefficient (Wildman–Crippen LogP) is 4.47. The largest absolute Gasteiger partial charge is 0.325 e. The van der Waals surface area contributed by atoms with Crippen molar-refractivity contribution in [3.8, 4) is 0 Å². The van der Waals surface area contributed by atoms with Crippen LogP contribution in [0.4, 0.5) is 0 Å². The lowest BCUT2D eigenvalue weighted by atomic mass is 9.76. The molecule has 0 radical (unpaired) electrons. The van der Waals surface area contributed by atoms with E-state index in [9.17, 15) is 0 Å². The molecule has 1 rings (SSSR count). The molecule has 0 aromatic carbocycles. The van der Waals surface area contributed by atoms with Gasteiger partial charge in [0, 0.05) is 29.3 Å². The van der Waals surface area contributed by atoms with Gasteiger partial charge in [0.1, 0.15) is 0 Å². The van der Waals surface area contributed by atoms with Crippen LogP contribution in [0.3, 0.4) is 0 Å². The number of rotatable bonds is 6. The number of aliphatic imine (C=N–C) groups is 1. The van der Waals surface area contributed by atoms with Gasteiger partial charge < -0.3 is 5.73 Å². The number of allylic oxidation sites excluding steroid dienone is 3. The van der Waals surface area contributed by atoms with Crippen LogP contribution < -0.4 is 5.73 Å². The van der Waals surface area contributed by atoms with Gasteiger partial charge >= 0.3 is 0 Å². The van der Waals surface area contributed by atoms with Gasteiger partial charge in [-0.2, -0.15) is 0 Å². The van der Waals surface area contributed by atoms with E-state index in [0.717, 1.165) is 25.0 Å². The van der Waals surface area contributed by atoms with Crippen LogP contribution in [0.15, 0.2) is 29.4 Å². The van der Waals surface area contributed by atoms with Crippen LogP contribution in [-0.2, 0) is 0 Å². The second kappa shape index (κ2) is 6.51. The molecule has 0 aromatic rings. The zero-order valence-electron chi connectivity index (χ0n) is 13.2. The minimum absolute atomic E-state index is 0.107. The fourth-order valence-electron chi connectivity index (χ4n) is 2.40. The van der Waals surface area contributed by atoms with Gasteiger partial charge in [-0.15, -0.1) is 0 Å². The minimum atomic E-state index is -0.117. The summed E-state index contributed by atoms with van der Waals surface area (Å²) in [7, 11) is 0. The smallest absolute Gasteiger partial charge is 0.0418 e. The first kappa shape index (κ1) is 16.2. The van der Waals surface area contributed by atoms with E-state index in [1.54, 1.807) is 0 Å². The van der Waals surface area contributed by atoms with E-state index < -0.39 is 0 Å². The number of nitrogens with zero attached hydrogens (tertiary/aromatic N) is 1. The van der Waals surface area contributed by atoms with E-state index >= 15 is 0 Å². The van der Waals surface area contributed by atoms with E-state index in [-0.39, 0.29) is 11.0 Å². The molecule has 2 nitrogen and oxygen atoms in total. The van der Waals surface area contributed by atoms with Gasteiger partial charge in [-0.05, 0) is 24.8 Å². The zero-order chi connectivity index (χ0) is 14.5. The first-order chi connectivity index (χ1) is 8.89. The fraction of sp³-hybridized carbons (Fsp3) is 0.706. The van der Waals surface area contributed by atoms with E-state index in [2.05, 4.69) is 57.8 Å². The van der Waals surface area contributed by atoms with Crippen LogP contribution >= 0.6 is 0 Å². The highest BCUT2D eigenvalue weighted by Crippen LogP contribution is 2.34. The molecule has 0 aliphatic carbocycles. The summed E-state index contributed by atoms with van der Waals surface area (Å²) < 4.78 is 0. The van der Waals surface area contributed by atoms with Crippen LogP contribution in [0, 0.1) is 11.3 Å². The molecular weight excluding hydrogens is 232 g/mol. The Morgan fingerprint density at radius 3 is 2.42 bits per heavy atom. The van der Waals surface area contributed by atoms with Gasteiger partial charge in [0.15, 0.2) is 0 Å². The molecule has 1 aliphatic rings. The molecule has 19 heavy (non-hydrogen) atoms. The van der Waals surface area contributed by atoms with E-state index in [0.29, 0.717) is 5.92 Å². The highest BCUT2D eigenvalue weighted by molar-refractivity contribution is 5.96. The summed E-state index contributed by atoms with van der Waals surface area (Å²) >= 11 is 0. The second-order valence-electron chi connectivity index (χ2n) is 6.19. The SMILES string of the molecule is CCC(C)C1(C)C=CN=C(CC(N)(CC)CC)C=C1. The third kappa shape index (κ3) is 4.04. The molecule has 108 valence electrons. The molecule has 2 heteroatoms. The quantitative estimate of drug-likeness (QED) is 0.753.